The van der Waals surface area contributed by atoms with E-state index in [0.29, 0.717) is 0 Å². The molecule has 1 aromatic heterocycles. The van der Waals surface area contributed by atoms with Gasteiger partial charge in [-0.1, -0.05) is 12.1 Å². The van der Waals surface area contributed by atoms with Crippen molar-refractivity contribution in [2.45, 2.75) is 13.0 Å². The van der Waals surface area contributed by atoms with Gasteiger partial charge < -0.3 is 10.5 Å². The van der Waals surface area contributed by atoms with Gasteiger partial charge in [-0.2, -0.15) is 0 Å². The van der Waals surface area contributed by atoms with Gasteiger partial charge in [-0.05, 0) is 24.6 Å². The molecule has 0 aliphatic heterocycles. The van der Waals surface area contributed by atoms with Crippen molar-refractivity contribution in [3.63, 3.8) is 0 Å². The average Bonchev–Trinajstić information content (AvgIpc) is 2.87. The molecular weight excluding hydrogens is 232 g/mol. The van der Waals surface area contributed by atoms with E-state index in [0.717, 1.165) is 11.3 Å². The monoisotopic (exact) mass is 246 g/mol. The minimum absolute atomic E-state index is 0.0135. The van der Waals surface area contributed by atoms with Crippen molar-refractivity contribution in [1.82, 2.24) is 14.8 Å². The van der Waals surface area contributed by atoms with E-state index in [9.17, 15) is 4.79 Å². The van der Waals surface area contributed by atoms with Gasteiger partial charge in [0.05, 0.1) is 12.8 Å². The molecule has 0 spiro atoms. The van der Waals surface area contributed by atoms with Gasteiger partial charge in [0.2, 0.25) is 0 Å². The number of carbonyl (C=O) groups is 1. The maximum absolute atomic E-state index is 11.2. The highest BCUT2D eigenvalue weighted by Crippen LogP contribution is 2.13. The molecule has 0 amide bonds. The van der Waals surface area contributed by atoms with Crippen LogP contribution in [0.5, 0.6) is 0 Å². The normalized spacial score (nSPS) is 12.2. The van der Waals surface area contributed by atoms with E-state index < -0.39 is 5.97 Å². The number of methoxy groups -OCH3 is 1. The molecule has 2 N–H and O–H groups in total. The second kappa shape index (κ2) is 4.97. The summed E-state index contributed by atoms with van der Waals surface area (Å²) in [7, 11) is 1.29. The van der Waals surface area contributed by atoms with Crippen molar-refractivity contribution in [3.05, 3.63) is 42.0 Å². The third kappa shape index (κ3) is 2.38. The predicted octanol–water partition coefficient (Wildman–Crippen LogP) is 1.07. The van der Waals surface area contributed by atoms with Crippen molar-refractivity contribution in [1.29, 1.82) is 0 Å². The SMILES string of the molecule is COC(=O)c1ncn(-c2ccc([C@H](C)N)cc2)n1. The summed E-state index contributed by atoms with van der Waals surface area (Å²) < 4.78 is 6.05. The molecule has 2 aromatic rings. The molecular formula is C12H14N4O2. The van der Waals surface area contributed by atoms with Crippen LogP contribution in [0, 0.1) is 0 Å². The average molecular weight is 246 g/mol. The molecule has 0 aliphatic rings. The van der Waals surface area contributed by atoms with Gasteiger partial charge in [0.25, 0.3) is 5.82 Å². The van der Waals surface area contributed by atoms with Crippen LogP contribution in [-0.2, 0) is 4.74 Å². The Bertz CT molecular complexity index is 545. The van der Waals surface area contributed by atoms with Gasteiger partial charge in [0.15, 0.2) is 0 Å². The number of nitrogens with zero attached hydrogens (tertiary/aromatic N) is 3. The van der Waals surface area contributed by atoms with E-state index in [1.165, 1.54) is 18.1 Å². The molecule has 0 radical (unpaired) electrons. The smallest absolute Gasteiger partial charge is 0.377 e. The first-order chi connectivity index (χ1) is 8.61. The lowest BCUT2D eigenvalue weighted by atomic mass is 10.1. The lowest BCUT2D eigenvalue weighted by Gasteiger charge is -2.06. The fourth-order valence-electron chi connectivity index (χ4n) is 1.50. The van der Waals surface area contributed by atoms with Gasteiger partial charge in [-0.25, -0.2) is 14.5 Å². The molecule has 6 heteroatoms. The Morgan fingerprint density at radius 2 is 2.06 bits per heavy atom. The standard InChI is InChI=1S/C12H14N4O2/c1-8(13)9-3-5-10(6-4-9)16-7-14-11(15-16)12(17)18-2/h3-8H,13H2,1-2H3/t8-/m0/s1. The number of rotatable bonds is 3. The van der Waals surface area contributed by atoms with Crippen LogP contribution in [0.15, 0.2) is 30.6 Å². The van der Waals surface area contributed by atoms with Gasteiger partial charge in [0.1, 0.15) is 6.33 Å². The third-order valence-electron chi connectivity index (χ3n) is 2.54. The fourth-order valence-corrected chi connectivity index (χ4v) is 1.50. The molecule has 1 aromatic carbocycles. The van der Waals surface area contributed by atoms with Crippen molar-refractivity contribution in [2.24, 2.45) is 5.73 Å². The second-order valence-electron chi connectivity index (χ2n) is 3.88. The summed E-state index contributed by atoms with van der Waals surface area (Å²) in [6.07, 6.45) is 1.47. The van der Waals surface area contributed by atoms with Crippen LogP contribution in [-0.4, -0.2) is 27.8 Å². The van der Waals surface area contributed by atoms with Gasteiger partial charge >= 0.3 is 5.97 Å². The first-order valence-electron chi connectivity index (χ1n) is 5.47. The first kappa shape index (κ1) is 12.3. The molecule has 0 aliphatic carbocycles. The summed E-state index contributed by atoms with van der Waals surface area (Å²) in [6, 6.07) is 7.56. The zero-order valence-corrected chi connectivity index (χ0v) is 10.2. The number of ether oxygens (including phenoxy) is 1. The molecule has 0 fully saturated rings. The summed E-state index contributed by atoms with van der Waals surface area (Å²) in [6.45, 7) is 1.92. The summed E-state index contributed by atoms with van der Waals surface area (Å²) in [5.41, 5.74) is 7.61. The molecule has 94 valence electrons. The Balaban J connectivity index is 2.26. The van der Waals surface area contributed by atoms with E-state index in [1.54, 1.807) is 0 Å². The largest absolute Gasteiger partial charge is 0.463 e. The highest BCUT2D eigenvalue weighted by Gasteiger charge is 2.11. The van der Waals surface area contributed by atoms with E-state index in [4.69, 9.17) is 5.73 Å². The van der Waals surface area contributed by atoms with Crippen LogP contribution in [0.1, 0.15) is 29.1 Å². The van der Waals surface area contributed by atoms with E-state index in [-0.39, 0.29) is 11.9 Å². The van der Waals surface area contributed by atoms with Crippen LogP contribution >= 0.6 is 0 Å². The van der Waals surface area contributed by atoms with E-state index >= 15 is 0 Å². The Morgan fingerprint density at radius 1 is 1.39 bits per heavy atom. The predicted molar refractivity (Wildman–Crippen MR) is 65.3 cm³/mol. The Kier molecular flexibility index (Phi) is 3.38. The van der Waals surface area contributed by atoms with Crippen LogP contribution in [0.25, 0.3) is 5.69 Å². The zero-order chi connectivity index (χ0) is 13.1. The molecule has 2 rings (SSSR count). The van der Waals surface area contributed by atoms with Crippen LogP contribution in [0.3, 0.4) is 0 Å². The van der Waals surface area contributed by atoms with Crippen molar-refractivity contribution in [3.8, 4) is 5.69 Å². The number of nitrogens with two attached hydrogens (primary N) is 1. The summed E-state index contributed by atoms with van der Waals surface area (Å²) in [5, 5.41) is 4.03. The van der Waals surface area contributed by atoms with E-state index in [2.05, 4.69) is 14.8 Å². The number of aromatic nitrogens is 3. The summed E-state index contributed by atoms with van der Waals surface area (Å²) in [5.74, 6) is -0.519. The summed E-state index contributed by atoms with van der Waals surface area (Å²) >= 11 is 0. The van der Waals surface area contributed by atoms with Crippen LogP contribution < -0.4 is 5.73 Å². The first-order valence-corrected chi connectivity index (χ1v) is 5.47. The number of benzene rings is 1. The fraction of sp³-hybridized carbons (Fsp3) is 0.250. The molecule has 1 atom stereocenters. The van der Waals surface area contributed by atoms with Gasteiger partial charge in [-0.3, -0.25) is 0 Å². The van der Waals surface area contributed by atoms with Crippen LogP contribution in [0.2, 0.25) is 0 Å². The Hall–Kier alpha value is -2.21. The highest BCUT2D eigenvalue weighted by molar-refractivity contribution is 5.84. The van der Waals surface area contributed by atoms with Crippen molar-refractivity contribution >= 4 is 5.97 Å². The maximum Gasteiger partial charge on any atom is 0.377 e. The number of hydrogen-bond donors (Lipinski definition) is 1. The van der Waals surface area contributed by atoms with Crippen molar-refractivity contribution in [2.75, 3.05) is 7.11 Å². The van der Waals surface area contributed by atoms with E-state index in [1.807, 2.05) is 31.2 Å². The number of carbonyl (C=O) groups excluding carboxylic acids is 1. The molecule has 6 nitrogen and oxygen atoms in total. The zero-order valence-electron chi connectivity index (χ0n) is 10.2. The minimum atomic E-state index is -0.555. The second-order valence-corrected chi connectivity index (χ2v) is 3.88. The van der Waals surface area contributed by atoms with Gasteiger partial charge in [-0.15, -0.1) is 5.10 Å². The number of hydrogen-bond acceptors (Lipinski definition) is 5. The highest BCUT2D eigenvalue weighted by atomic mass is 16.5. The summed E-state index contributed by atoms with van der Waals surface area (Å²) in [4.78, 5) is 15.1. The molecule has 0 saturated carbocycles. The van der Waals surface area contributed by atoms with Crippen LogP contribution in [0.4, 0.5) is 0 Å². The molecule has 0 unspecified atom stereocenters. The lowest BCUT2D eigenvalue weighted by molar-refractivity contribution is 0.0587. The third-order valence-corrected chi connectivity index (χ3v) is 2.54. The quantitative estimate of drug-likeness (QED) is 0.819. The Morgan fingerprint density at radius 3 is 2.61 bits per heavy atom. The van der Waals surface area contributed by atoms with Gasteiger partial charge in [0, 0.05) is 6.04 Å². The lowest BCUT2D eigenvalue weighted by Crippen LogP contribution is -2.06. The topological polar surface area (TPSA) is 83.0 Å². The minimum Gasteiger partial charge on any atom is -0.463 e. The molecule has 18 heavy (non-hydrogen) atoms. The molecule has 0 bridgehead atoms. The maximum atomic E-state index is 11.2. The van der Waals surface area contributed by atoms with Crippen molar-refractivity contribution < 1.29 is 9.53 Å². The number of esters is 1. The molecule has 1 heterocycles. The Labute approximate surface area is 104 Å². The molecule has 0 saturated heterocycles.